The Kier molecular flexibility index (Phi) is 8.57. The lowest BCUT2D eigenvalue weighted by Gasteiger charge is -2.26. The second-order valence-electron chi connectivity index (χ2n) is 8.00. The number of benzene rings is 3. The Morgan fingerprint density at radius 1 is 0.919 bits per heavy atom. The van der Waals surface area contributed by atoms with Crippen molar-refractivity contribution in [3.05, 3.63) is 87.9 Å². The van der Waals surface area contributed by atoms with Gasteiger partial charge in [-0.25, -0.2) is 18.0 Å². The van der Waals surface area contributed by atoms with Crippen LogP contribution in [0.15, 0.2) is 65.6 Å². The molecule has 0 saturated heterocycles. The summed E-state index contributed by atoms with van der Waals surface area (Å²) in [6, 6.07) is 14.8. The average molecular weight is 545 g/mol. The number of carbonyl (C=O) groups is 3. The van der Waals surface area contributed by atoms with E-state index in [4.69, 9.17) is 21.1 Å². The Morgan fingerprint density at radius 3 is 2.19 bits per heavy atom. The van der Waals surface area contributed by atoms with Crippen LogP contribution >= 0.6 is 11.6 Å². The first-order valence-electron chi connectivity index (χ1n) is 10.9. The number of halogens is 1. The second-order valence-corrected chi connectivity index (χ2v) is 10.3. The maximum Gasteiger partial charge on any atom is 0.339 e. The fourth-order valence-electron chi connectivity index (χ4n) is 3.50. The highest BCUT2D eigenvalue weighted by Gasteiger charge is 2.29. The van der Waals surface area contributed by atoms with Crippen LogP contribution in [0.25, 0.3) is 0 Å². The molecule has 0 aliphatic heterocycles. The smallest absolute Gasteiger partial charge is 0.339 e. The Balaban J connectivity index is 2.05. The lowest BCUT2D eigenvalue weighted by Crippen LogP contribution is -2.38. The van der Waals surface area contributed by atoms with E-state index in [0.717, 1.165) is 9.87 Å². The van der Waals surface area contributed by atoms with Crippen molar-refractivity contribution < 1.29 is 32.3 Å². The Morgan fingerprint density at radius 2 is 1.57 bits per heavy atom. The normalized spacial score (nSPS) is 10.9. The summed E-state index contributed by atoms with van der Waals surface area (Å²) in [4.78, 5) is 37.4. The molecule has 0 saturated carbocycles. The zero-order valence-electron chi connectivity index (χ0n) is 20.6. The number of sulfonamides is 1. The quantitative estimate of drug-likeness (QED) is 0.418. The van der Waals surface area contributed by atoms with Crippen molar-refractivity contribution in [1.82, 2.24) is 0 Å². The molecule has 3 aromatic rings. The van der Waals surface area contributed by atoms with Gasteiger partial charge in [0.05, 0.1) is 41.6 Å². The van der Waals surface area contributed by atoms with Crippen LogP contribution in [-0.4, -0.2) is 47.0 Å². The number of rotatable bonds is 8. The van der Waals surface area contributed by atoms with Crippen molar-refractivity contribution in [2.45, 2.75) is 18.7 Å². The molecule has 1 N–H and O–H groups in total. The van der Waals surface area contributed by atoms with Gasteiger partial charge in [0, 0.05) is 5.02 Å². The van der Waals surface area contributed by atoms with Gasteiger partial charge in [-0.1, -0.05) is 35.4 Å². The van der Waals surface area contributed by atoms with Gasteiger partial charge >= 0.3 is 11.9 Å². The number of anilines is 2. The molecule has 194 valence electrons. The van der Waals surface area contributed by atoms with Crippen LogP contribution in [-0.2, 0) is 24.3 Å². The van der Waals surface area contributed by atoms with E-state index in [0.29, 0.717) is 10.6 Å². The first kappa shape index (κ1) is 27.7. The van der Waals surface area contributed by atoms with Gasteiger partial charge in [-0.05, 0) is 61.9 Å². The van der Waals surface area contributed by atoms with Gasteiger partial charge in [0.1, 0.15) is 6.54 Å². The molecule has 0 unspecified atom stereocenters. The molecular weight excluding hydrogens is 520 g/mol. The number of hydrogen-bond acceptors (Lipinski definition) is 7. The molecule has 0 atom stereocenters. The SMILES string of the molecule is COC(=O)c1ccc(C(=O)OC)c(NC(=O)CN(c2cccc(Cl)c2C)S(=O)(=O)c2ccc(C)cc2)c1. The minimum absolute atomic E-state index is 0.0202. The molecule has 0 aliphatic carbocycles. The standard InChI is InChI=1S/C26H25ClN2O7S/c1-16-8-11-19(12-9-16)37(33,34)29(23-7-5-6-21(27)17(23)2)15-24(30)28-22-14-18(25(31)35-3)10-13-20(22)26(32)36-4/h5-14H,15H2,1-4H3,(H,28,30). The van der Waals surface area contributed by atoms with Crippen LogP contribution in [0.3, 0.4) is 0 Å². The van der Waals surface area contributed by atoms with E-state index >= 15 is 0 Å². The zero-order valence-corrected chi connectivity index (χ0v) is 22.1. The number of amides is 1. The van der Waals surface area contributed by atoms with Crippen molar-refractivity contribution in [3.8, 4) is 0 Å². The van der Waals surface area contributed by atoms with Crippen molar-refractivity contribution in [1.29, 1.82) is 0 Å². The molecule has 0 spiro atoms. The molecule has 37 heavy (non-hydrogen) atoms. The summed E-state index contributed by atoms with van der Waals surface area (Å²) in [6.07, 6.45) is 0. The summed E-state index contributed by atoms with van der Waals surface area (Å²) in [7, 11) is -1.85. The van der Waals surface area contributed by atoms with Crippen molar-refractivity contribution in [3.63, 3.8) is 0 Å². The number of nitrogens with zero attached hydrogens (tertiary/aromatic N) is 1. The summed E-state index contributed by atoms with van der Waals surface area (Å²) >= 11 is 6.26. The number of ether oxygens (including phenoxy) is 2. The predicted molar refractivity (Wildman–Crippen MR) is 140 cm³/mol. The molecule has 0 heterocycles. The van der Waals surface area contributed by atoms with Gasteiger partial charge < -0.3 is 14.8 Å². The minimum atomic E-state index is -4.21. The predicted octanol–water partition coefficient (Wildman–Crippen LogP) is 4.36. The third-order valence-electron chi connectivity index (χ3n) is 5.52. The van der Waals surface area contributed by atoms with Gasteiger partial charge in [-0.2, -0.15) is 0 Å². The Labute approximate surface area is 220 Å². The highest BCUT2D eigenvalue weighted by Crippen LogP contribution is 2.31. The Hall–Kier alpha value is -3.89. The van der Waals surface area contributed by atoms with Gasteiger partial charge in [0.25, 0.3) is 10.0 Å². The van der Waals surface area contributed by atoms with Gasteiger partial charge in [0.2, 0.25) is 5.91 Å². The number of esters is 2. The first-order valence-corrected chi connectivity index (χ1v) is 12.8. The van der Waals surface area contributed by atoms with Gasteiger partial charge in [-0.15, -0.1) is 0 Å². The molecule has 0 aromatic heterocycles. The summed E-state index contributed by atoms with van der Waals surface area (Å²) in [5.74, 6) is -2.23. The number of carbonyl (C=O) groups excluding carboxylic acids is 3. The summed E-state index contributed by atoms with van der Waals surface area (Å²) in [5, 5.41) is 2.85. The van der Waals surface area contributed by atoms with Gasteiger partial charge in [0.15, 0.2) is 0 Å². The molecule has 0 radical (unpaired) electrons. The third-order valence-corrected chi connectivity index (χ3v) is 7.71. The molecule has 1 amide bonds. The lowest BCUT2D eigenvalue weighted by atomic mass is 10.1. The fourth-order valence-corrected chi connectivity index (χ4v) is 5.15. The number of hydrogen-bond donors (Lipinski definition) is 1. The monoisotopic (exact) mass is 544 g/mol. The summed E-state index contributed by atoms with van der Waals surface area (Å²) in [5.41, 5.74) is 1.52. The molecule has 0 fully saturated rings. The highest BCUT2D eigenvalue weighted by atomic mass is 35.5. The van der Waals surface area contributed by atoms with Gasteiger partial charge in [-0.3, -0.25) is 9.10 Å². The van der Waals surface area contributed by atoms with Crippen molar-refractivity contribution in [2.75, 3.05) is 30.4 Å². The van der Waals surface area contributed by atoms with E-state index in [1.807, 2.05) is 6.92 Å². The molecule has 3 aromatic carbocycles. The van der Waals surface area contributed by atoms with E-state index in [1.165, 1.54) is 50.6 Å². The lowest BCUT2D eigenvalue weighted by molar-refractivity contribution is -0.114. The van der Waals surface area contributed by atoms with E-state index in [-0.39, 0.29) is 27.4 Å². The number of methoxy groups -OCH3 is 2. The Bertz CT molecular complexity index is 1450. The minimum Gasteiger partial charge on any atom is -0.465 e. The maximum absolute atomic E-state index is 13.7. The third kappa shape index (κ3) is 6.10. The summed E-state index contributed by atoms with van der Waals surface area (Å²) in [6.45, 7) is 2.81. The van der Waals surface area contributed by atoms with Crippen LogP contribution in [0.4, 0.5) is 11.4 Å². The zero-order chi connectivity index (χ0) is 27.3. The molecule has 11 heteroatoms. The molecular formula is C26H25ClN2O7S. The van der Waals surface area contributed by atoms with Crippen LogP contribution in [0.2, 0.25) is 5.02 Å². The average Bonchev–Trinajstić information content (AvgIpc) is 2.88. The van der Waals surface area contributed by atoms with Crippen LogP contribution in [0.1, 0.15) is 31.8 Å². The van der Waals surface area contributed by atoms with E-state index in [2.05, 4.69) is 5.32 Å². The summed E-state index contributed by atoms with van der Waals surface area (Å²) < 4.78 is 37.7. The van der Waals surface area contributed by atoms with Crippen LogP contribution in [0, 0.1) is 13.8 Å². The second kappa shape index (κ2) is 11.4. The highest BCUT2D eigenvalue weighted by molar-refractivity contribution is 7.92. The number of aryl methyl sites for hydroxylation is 1. The van der Waals surface area contributed by atoms with Crippen molar-refractivity contribution in [2.24, 2.45) is 0 Å². The van der Waals surface area contributed by atoms with E-state index in [9.17, 15) is 22.8 Å². The largest absolute Gasteiger partial charge is 0.465 e. The van der Waals surface area contributed by atoms with Crippen LogP contribution < -0.4 is 9.62 Å². The number of nitrogens with one attached hydrogen (secondary N) is 1. The maximum atomic E-state index is 13.7. The fraction of sp³-hybridized carbons (Fsp3) is 0.192. The first-order chi connectivity index (χ1) is 17.5. The van der Waals surface area contributed by atoms with E-state index < -0.39 is 34.4 Å². The van der Waals surface area contributed by atoms with Crippen LogP contribution in [0.5, 0.6) is 0 Å². The molecule has 3 rings (SSSR count). The topological polar surface area (TPSA) is 119 Å². The molecule has 0 aliphatic rings. The van der Waals surface area contributed by atoms with Crippen molar-refractivity contribution >= 4 is 50.8 Å². The molecule has 0 bridgehead atoms. The molecule has 9 nitrogen and oxygen atoms in total. The van der Waals surface area contributed by atoms with E-state index in [1.54, 1.807) is 31.2 Å².